The highest BCUT2D eigenvalue weighted by Crippen LogP contribution is 2.35. The van der Waals surface area contributed by atoms with E-state index in [4.69, 9.17) is 32.7 Å². The minimum Gasteiger partial charge on any atom is -0.497 e. The SMILES string of the molecule is COc1cc(Cl)c(S(=O)(=O)N(C)CCOCC(=O)N2CCC(C3CCN(C)CC3)CC2)c(Cl)c1. The fourth-order valence-electron chi connectivity index (χ4n) is 4.74. The first-order chi connectivity index (χ1) is 16.1. The Bertz CT molecular complexity index is 923. The van der Waals surface area contributed by atoms with Crippen LogP contribution in [-0.2, 0) is 19.6 Å². The fraction of sp³-hybridized carbons (Fsp3) is 0.696. The van der Waals surface area contributed by atoms with Crippen LogP contribution in [0.4, 0.5) is 0 Å². The van der Waals surface area contributed by atoms with Gasteiger partial charge in [0, 0.05) is 38.8 Å². The number of hydrogen-bond acceptors (Lipinski definition) is 6. The Kier molecular flexibility index (Phi) is 9.89. The summed E-state index contributed by atoms with van der Waals surface area (Å²) < 4.78 is 37.5. The number of halogens is 2. The van der Waals surface area contributed by atoms with E-state index in [-0.39, 0.29) is 40.6 Å². The van der Waals surface area contributed by atoms with Gasteiger partial charge < -0.3 is 19.3 Å². The van der Waals surface area contributed by atoms with Gasteiger partial charge in [-0.25, -0.2) is 8.42 Å². The van der Waals surface area contributed by atoms with Crippen LogP contribution in [0.2, 0.25) is 10.0 Å². The topological polar surface area (TPSA) is 79.4 Å². The highest BCUT2D eigenvalue weighted by molar-refractivity contribution is 7.89. The van der Waals surface area contributed by atoms with Crippen molar-refractivity contribution in [2.24, 2.45) is 11.8 Å². The van der Waals surface area contributed by atoms with Gasteiger partial charge >= 0.3 is 0 Å². The molecule has 2 saturated heterocycles. The summed E-state index contributed by atoms with van der Waals surface area (Å²) in [4.78, 5) is 16.6. The molecule has 2 heterocycles. The maximum atomic E-state index is 12.9. The van der Waals surface area contributed by atoms with Crippen LogP contribution in [0.3, 0.4) is 0 Å². The summed E-state index contributed by atoms with van der Waals surface area (Å²) in [7, 11) is 1.11. The van der Waals surface area contributed by atoms with E-state index in [1.54, 1.807) is 0 Å². The lowest BCUT2D eigenvalue weighted by atomic mass is 9.79. The van der Waals surface area contributed by atoms with Crippen LogP contribution < -0.4 is 4.74 Å². The third kappa shape index (κ3) is 6.77. The Labute approximate surface area is 213 Å². The van der Waals surface area contributed by atoms with E-state index in [2.05, 4.69) is 11.9 Å². The molecule has 2 aliphatic rings. The van der Waals surface area contributed by atoms with Crippen molar-refractivity contribution >= 4 is 39.1 Å². The summed E-state index contributed by atoms with van der Waals surface area (Å²) in [6.45, 7) is 3.95. The number of ether oxygens (including phenoxy) is 2. The first kappa shape index (κ1) is 27.5. The standard InChI is InChI=1S/C23H35Cl2N3O5S/c1-26-8-4-17(5-9-26)18-6-10-28(11-7-18)22(29)16-33-13-12-27(2)34(30,31)23-20(24)14-19(32-3)15-21(23)25/h14-15,17-18H,4-13,16H2,1-3H3. The minimum atomic E-state index is -3.93. The predicted molar refractivity (Wildman–Crippen MR) is 133 cm³/mol. The second-order valence-corrected chi connectivity index (χ2v) is 12.0. The van der Waals surface area contributed by atoms with Crippen molar-refractivity contribution in [1.82, 2.24) is 14.1 Å². The third-order valence-electron chi connectivity index (χ3n) is 6.97. The van der Waals surface area contributed by atoms with Crippen molar-refractivity contribution in [2.45, 2.75) is 30.6 Å². The number of carbonyl (C=O) groups is 1. The molecule has 2 fully saturated rings. The van der Waals surface area contributed by atoms with Crippen LogP contribution in [0.1, 0.15) is 25.7 Å². The van der Waals surface area contributed by atoms with E-state index in [0.29, 0.717) is 11.7 Å². The van der Waals surface area contributed by atoms with Crippen LogP contribution in [0.25, 0.3) is 0 Å². The average Bonchev–Trinajstić information content (AvgIpc) is 2.81. The quantitative estimate of drug-likeness (QED) is 0.451. The number of sulfonamides is 1. The number of likely N-dealkylation sites (N-methyl/N-ethyl adjacent to an activating group) is 1. The number of methoxy groups -OCH3 is 1. The summed E-state index contributed by atoms with van der Waals surface area (Å²) in [5.74, 6) is 1.80. The molecule has 1 aromatic carbocycles. The van der Waals surface area contributed by atoms with E-state index in [9.17, 15) is 13.2 Å². The second kappa shape index (κ2) is 12.2. The van der Waals surface area contributed by atoms with E-state index in [1.807, 2.05) is 4.90 Å². The molecule has 0 aliphatic carbocycles. The van der Waals surface area contributed by atoms with Gasteiger partial charge in [0.1, 0.15) is 17.3 Å². The molecule has 0 spiro atoms. The van der Waals surface area contributed by atoms with Crippen LogP contribution in [-0.4, -0.2) is 95.6 Å². The molecule has 0 aromatic heterocycles. The van der Waals surface area contributed by atoms with Gasteiger partial charge in [0.05, 0.1) is 23.8 Å². The molecule has 1 amide bonds. The van der Waals surface area contributed by atoms with Crippen molar-refractivity contribution in [3.05, 3.63) is 22.2 Å². The molecule has 34 heavy (non-hydrogen) atoms. The molecule has 0 unspecified atom stereocenters. The summed E-state index contributed by atoms with van der Waals surface area (Å²) in [6.07, 6.45) is 4.60. The van der Waals surface area contributed by atoms with Gasteiger partial charge in [-0.2, -0.15) is 4.31 Å². The van der Waals surface area contributed by atoms with Gasteiger partial charge in [-0.3, -0.25) is 4.79 Å². The van der Waals surface area contributed by atoms with E-state index in [1.165, 1.54) is 52.2 Å². The highest BCUT2D eigenvalue weighted by Gasteiger charge is 2.30. The van der Waals surface area contributed by atoms with Crippen LogP contribution in [0.15, 0.2) is 17.0 Å². The summed E-state index contributed by atoms with van der Waals surface area (Å²) in [5, 5.41) is -0.0353. The predicted octanol–water partition coefficient (Wildman–Crippen LogP) is 3.22. The number of hydrogen-bond donors (Lipinski definition) is 0. The van der Waals surface area contributed by atoms with Crippen LogP contribution >= 0.6 is 23.2 Å². The van der Waals surface area contributed by atoms with Crippen LogP contribution in [0, 0.1) is 11.8 Å². The first-order valence-electron chi connectivity index (χ1n) is 11.7. The number of carbonyl (C=O) groups excluding carboxylic acids is 1. The van der Waals surface area contributed by atoms with Crippen molar-refractivity contribution < 1.29 is 22.7 Å². The third-order valence-corrected chi connectivity index (χ3v) is 9.75. The molecule has 8 nitrogen and oxygen atoms in total. The zero-order valence-corrected chi connectivity index (χ0v) is 22.5. The second-order valence-electron chi connectivity index (χ2n) is 9.16. The Morgan fingerprint density at radius 1 is 1.06 bits per heavy atom. The zero-order valence-electron chi connectivity index (χ0n) is 20.1. The van der Waals surface area contributed by atoms with Crippen molar-refractivity contribution in [2.75, 3.05) is 67.1 Å². The summed E-state index contributed by atoms with van der Waals surface area (Å²) in [5.41, 5.74) is 0. The lowest BCUT2D eigenvalue weighted by Gasteiger charge is -2.39. The molecule has 2 aliphatic heterocycles. The summed E-state index contributed by atoms with van der Waals surface area (Å²) >= 11 is 12.3. The van der Waals surface area contributed by atoms with E-state index < -0.39 is 10.0 Å². The molecule has 0 saturated carbocycles. The molecule has 3 rings (SSSR count). The number of rotatable bonds is 9. The van der Waals surface area contributed by atoms with Gasteiger partial charge in [0.2, 0.25) is 15.9 Å². The van der Waals surface area contributed by atoms with Gasteiger partial charge in [-0.15, -0.1) is 0 Å². The molecule has 0 radical (unpaired) electrons. The molecule has 0 atom stereocenters. The van der Waals surface area contributed by atoms with E-state index in [0.717, 1.165) is 36.2 Å². The molecular formula is C23H35Cl2N3O5S. The number of piperidine rings is 2. The molecule has 0 bridgehead atoms. The van der Waals surface area contributed by atoms with Gasteiger partial charge in [0.15, 0.2) is 0 Å². The average molecular weight is 537 g/mol. The van der Waals surface area contributed by atoms with Crippen molar-refractivity contribution in [3.63, 3.8) is 0 Å². The number of benzene rings is 1. The monoisotopic (exact) mass is 535 g/mol. The van der Waals surface area contributed by atoms with E-state index >= 15 is 0 Å². The molecular weight excluding hydrogens is 501 g/mol. The van der Waals surface area contributed by atoms with Crippen LogP contribution in [0.5, 0.6) is 5.75 Å². The lowest BCUT2D eigenvalue weighted by Crippen LogP contribution is -2.43. The highest BCUT2D eigenvalue weighted by atomic mass is 35.5. The molecule has 1 aromatic rings. The Balaban J connectivity index is 1.42. The van der Waals surface area contributed by atoms with Crippen molar-refractivity contribution in [3.8, 4) is 5.75 Å². The normalized spacial score (nSPS) is 19.1. The Hall–Kier alpha value is -1.10. The molecule has 192 valence electrons. The number of likely N-dealkylation sites (tertiary alicyclic amines) is 2. The maximum Gasteiger partial charge on any atom is 0.248 e. The molecule has 0 N–H and O–H groups in total. The summed E-state index contributed by atoms with van der Waals surface area (Å²) in [6, 6.07) is 2.80. The maximum absolute atomic E-state index is 12.9. The van der Waals surface area contributed by atoms with Gasteiger partial charge in [0.25, 0.3) is 0 Å². The number of amides is 1. The Morgan fingerprint density at radius 2 is 1.59 bits per heavy atom. The smallest absolute Gasteiger partial charge is 0.248 e. The minimum absolute atomic E-state index is 0.0176. The largest absolute Gasteiger partial charge is 0.497 e. The molecule has 11 heteroatoms. The Morgan fingerprint density at radius 3 is 2.12 bits per heavy atom. The first-order valence-corrected chi connectivity index (χ1v) is 13.9. The lowest BCUT2D eigenvalue weighted by molar-refractivity contribution is -0.137. The zero-order chi connectivity index (χ0) is 24.9. The van der Waals surface area contributed by atoms with Crippen molar-refractivity contribution in [1.29, 1.82) is 0 Å². The number of nitrogens with zero attached hydrogens (tertiary/aromatic N) is 3. The fourth-order valence-corrected chi connectivity index (χ4v) is 7.03. The van der Waals surface area contributed by atoms with Gasteiger partial charge in [-0.05, 0) is 57.7 Å². The van der Waals surface area contributed by atoms with Gasteiger partial charge in [-0.1, -0.05) is 23.2 Å².